The first-order valence-corrected chi connectivity index (χ1v) is 6.39. The van der Waals surface area contributed by atoms with E-state index in [9.17, 15) is 9.90 Å². The maximum Gasteiger partial charge on any atom is 0.244 e. The molecule has 0 atom stereocenters. The summed E-state index contributed by atoms with van der Waals surface area (Å²) in [6.45, 7) is 0.00727. The van der Waals surface area contributed by atoms with Gasteiger partial charge in [0.05, 0.1) is 18.4 Å². The van der Waals surface area contributed by atoms with Crippen molar-refractivity contribution in [2.24, 2.45) is 0 Å². The van der Waals surface area contributed by atoms with Gasteiger partial charge in [0.1, 0.15) is 5.76 Å². The van der Waals surface area contributed by atoms with Gasteiger partial charge in [-0.3, -0.25) is 4.79 Å². The van der Waals surface area contributed by atoms with Crippen LogP contribution in [0.25, 0.3) is 6.08 Å². The van der Waals surface area contributed by atoms with Crippen molar-refractivity contribution >= 4 is 12.0 Å². The van der Waals surface area contributed by atoms with Crippen LogP contribution >= 0.6 is 0 Å². The normalized spacial score (nSPS) is 18.9. The van der Waals surface area contributed by atoms with Crippen LogP contribution < -0.4 is 5.32 Å². The average Bonchev–Trinajstić information content (AvgIpc) is 2.91. The zero-order valence-electron chi connectivity index (χ0n) is 10.4. The molecule has 0 aliphatic heterocycles. The minimum Gasteiger partial charge on any atom is -0.465 e. The topological polar surface area (TPSA) is 62.5 Å². The molecule has 0 unspecified atom stereocenters. The zero-order chi connectivity index (χ0) is 12.8. The van der Waals surface area contributed by atoms with E-state index in [0.29, 0.717) is 5.76 Å². The summed E-state index contributed by atoms with van der Waals surface area (Å²) in [7, 11) is 0. The summed E-state index contributed by atoms with van der Waals surface area (Å²) in [6, 6.07) is 3.56. The van der Waals surface area contributed by atoms with Crippen molar-refractivity contribution in [3.05, 3.63) is 30.2 Å². The largest absolute Gasteiger partial charge is 0.465 e. The number of rotatable bonds is 4. The molecule has 0 radical (unpaired) electrons. The summed E-state index contributed by atoms with van der Waals surface area (Å²) in [5.74, 6) is 0.467. The van der Waals surface area contributed by atoms with E-state index in [4.69, 9.17) is 4.42 Å². The molecule has 18 heavy (non-hydrogen) atoms. The third kappa shape index (κ3) is 3.23. The third-order valence-electron chi connectivity index (χ3n) is 3.44. The number of nitrogens with one attached hydrogen (secondary N) is 1. The Morgan fingerprint density at radius 3 is 2.83 bits per heavy atom. The highest BCUT2D eigenvalue weighted by Gasteiger charge is 2.32. The highest BCUT2D eigenvalue weighted by atomic mass is 16.3. The molecule has 1 amide bonds. The quantitative estimate of drug-likeness (QED) is 0.803. The van der Waals surface area contributed by atoms with Gasteiger partial charge in [0.2, 0.25) is 5.91 Å². The first kappa shape index (κ1) is 12.9. The lowest BCUT2D eigenvalue weighted by molar-refractivity contribution is -0.119. The Morgan fingerprint density at radius 1 is 1.44 bits per heavy atom. The predicted octanol–water partition coefficient (Wildman–Crippen LogP) is 2.10. The number of carbonyl (C=O) groups is 1. The molecule has 98 valence electrons. The Balaban J connectivity index is 1.93. The molecule has 0 spiro atoms. The zero-order valence-corrected chi connectivity index (χ0v) is 10.4. The van der Waals surface area contributed by atoms with Gasteiger partial charge in [-0.05, 0) is 31.1 Å². The lowest BCUT2D eigenvalue weighted by Crippen LogP contribution is -2.52. The van der Waals surface area contributed by atoms with E-state index < -0.39 is 5.54 Å². The maximum atomic E-state index is 11.8. The first-order valence-electron chi connectivity index (χ1n) is 6.39. The third-order valence-corrected chi connectivity index (χ3v) is 3.44. The number of hydrogen-bond donors (Lipinski definition) is 2. The molecular formula is C14H19NO3. The van der Waals surface area contributed by atoms with Crippen molar-refractivity contribution in [1.82, 2.24) is 5.32 Å². The fourth-order valence-electron chi connectivity index (χ4n) is 2.40. The molecule has 1 aliphatic carbocycles. The summed E-state index contributed by atoms with van der Waals surface area (Å²) < 4.78 is 5.11. The van der Waals surface area contributed by atoms with Crippen LogP contribution in [0.3, 0.4) is 0 Å². The molecule has 0 aromatic carbocycles. The van der Waals surface area contributed by atoms with E-state index in [2.05, 4.69) is 5.32 Å². The Morgan fingerprint density at radius 2 is 2.22 bits per heavy atom. The molecule has 1 aromatic rings. The summed E-state index contributed by atoms with van der Waals surface area (Å²) in [5.41, 5.74) is -0.428. The smallest absolute Gasteiger partial charge is 0.244 e. The first-order chi connectivity index (χ1) is 8.74. The van der Waals surface area contributed by atoms with Crippen LogP contribution in [-0.2, 0) is 4.79 Å². The monoisotopic (exact) mass is 249 g/mol. The van der Waals surface area contributed by atoms with E-state index >= 15 is 0 Å². The number of furan rings is 1. The number of aliphatic hydroxyl groups excluding tert-OH is 1. The highest BCUT2D eigenvalue weighted by Crippen LogP contribution is 2.27. The number of amides is 1. The number of carbonyl (C=O) groups excluding carboxylic acids is 1. The predicted molar refractivity (Wildman–Crippen MR) is 68.8 cm³/mol. The Hall–Kier alpha value is -1.55. The maximum absolute atomic E-state index is 11.8. The molecule has 1 fully saturated rings. The number of hydrogen-bond acceptors (Lipinski definition) is 3. The van der Waals surface area contributed by atoms with Crippen LogP contribution in [-0.4, -0.2) is 23.2 Å². The van der Waals surface area contributed by atoms with Gasteiger partial charge in [-0.15, -0.1) is 0 Å². The van der Waals surface area contributed by atoms with Gasteiger partial charge in [-0.1, -0.05) is 19.3 Å². The van der Waals surface area contributed by atoms with Crippen LogP contribution in [0.5, 0.6) is 0 Å². The van der Waals surface area contributed by atoms with Crippen LogP contribution in [0.15, 0.2) is 28.9 Å². The second-order valence-electron chi connectivity index (χ2n) is 4.84. The van der Waals surface area contributed by atoms with Gasteiger partial charge in [-0.2, -0.15) is 0 Å². The Bertz CT molecular complexity index is 403. The Kier molecular flexibility index (Phi) is 4.20. The summed E-state index contributed by atoms with van der Waals surface area (Å²) in [4.78, 5) is 11.8. The van der Waals surface area contributed by atoms with Gasteiger partial charge in [0, 0.05) is 6.08 Å². The van der Waals surface area contributed by atoms with Gasteiger partial charge in [-0.25, -0.2) is 0 Å². The second-order valence-corrected chi connectivity index (χ2v) is 4.84. The van der Waals surface area contributed by atoms with Crippen molar-refractivity contribution in [3.8, 4) is 0 Å². The van der Waals surface area contributed by atoms with Gasteiger partial charge in [0.15, 0.2) is 0 Å². The van der Waals surface area contributed by atoms with Crippen LogP contribution in [0.4, 0.5) is 0 Å². The molecule has 0 saturated heterocycles. The fourth-order valence-corrected chi connectivity index (χ4v) is 2.40. The molecule has 1 aromatic heterocycles. The lowest BCUT2D eigenvalue weighted by Gasteiger charge is -2.36. The molecule has 2 rings (SSSR count). The second kappa shape index (κ2) is 5.87. The van der Waals surface area contributed by atoms with Crippen LogP contribution in [0.1, 0.15) is 37.9 Å². The van der Waals surface area contributed by atoms with Gasteiger partial charge >= 0.3 is 0 Å². The van der Waals surface area contributed by atoms with Gasteiger partial charge in [0.25, 0.3) is 0 Å². The Labute approximate surface area is 107 Å². The average molecular weight is 249 g/mol. The summed E-state index contributed by atoms with van der Waals surface area (Å²) in [5, 5.41) is 12.4. The molecule has 0 bridgehead atoms. The lowest BCUT2D eigenvalue weighted by atomic mass is 9.82. The van der Waals surface area contributed by atoms with Crippen molar-refractivity contribution in [2.45, 2.75) is 37.6 Å². The molecule has 4 heteroatoms. The minimum absolute atomic E-state index is 0.00727. The van der Waals surface area contributed by atoms with E-state index in [1.165, 1.54) is 12.5 Å². The van der Waals surface area contributed by atoms with E-state index in [1.807, 2.05) is 0 Å². The van der Waals surface area contributed by atoms with Crippen LogP contribution in [0, 0.1) is 0 Å². The van der Waals surface area contributed by atoms with Crippen molar-refractivity contribution in [1.29, 1.82) is 0 Å². The molecule has 4 nitrogen and oxygen atoms in total. The number of aliphatic hydroxyl groups is 1. The molecule has 1 saturated carbocycles. The van der Waals surface area contributed by atoms with Gasteiger partial charge < -0.3 is 14.8 Å². The van der Waals surface area contributed by atoms with Crippen LogP contribution in [0.2, 0.25) is 0 Å². The molecule has 1 heterocycles. The molecular weight excluding hydrogens is 230 g/mol. The van der Waals surface area contributed by atoms with E-state index in [-0.39, 0.29) is 12.5 Å². The SMILES string of the molecule is O=C(C=Cc1ccco1)NC1(CO)CCCCC1. The highest BCUT2D eigenvalue weighted by molar-refractivity contribution is 5.91. The molecule has 2 N–H and O–H groups in total. The van der Waals surface area contributed by atoms with E-state index in [1.54, 1.807) is 24.5 Å². The summed E-state index contributed by atoms with van der Waals surface area (Å²) >= 11 is 0. The standard InChI is InChI=1S/C14H19NO3/c16-11-14(8-2-1-3-9-14)15-13(17)7-6-12-5-4-10-18-12/h4-7,10,16H,1-3,8-9,11H2,(H,15,17). The summed E-state index contributed by atoms with van der Waals surface area (Å²) in [6.07, 6.45) is 9.64. The molecule has 1 aliphatic rings. The van der Waals surface area contributed by atoms with Crippen molar-refractivity contribution in [2.75, 3.05) is 6.61 Å². The fraction of sp³-hybridized carbons (Fsp3) is 0.500. The van der Waals surface area contributed by atoms with Crippen molar-refractivity contribution < 1.29 is 14.3 Å². The van der Waals surface area contributed by atoms with E-state index in [0.717, 1.165) is 25.7 Å². The minimum atomic E-state index is -0.428. The van der Waals surface area contributed by atoms with Crippen molar-refractivity contribution in [3.63, 3.8) is 0 Å².